The third-order valence-electron chi connectivity index (χ3n) is 5.83. The predicted molar refractivity (Wildman–Crippen MR) is 98.7 cm³/mol. The molecule has 4 aliphatic heterocycles. The van der Waals surface area contributed by atoms with Gasteiger partial charge in [0.2, 0.25) is 5.91 Å². The Morgan fingerprint density at radius 1 is 1.15 bits per heavy atom. The normalized spacial score (nSPS) is 30.0. The molecule has 2 fully saturated rings. The first kappa shape index (κ1) is 17.5. The number of carbonyl (C=O) groups excluding carboxylic acids is 1. The molecule has 0 bridgehead atoms. The van der Waals surface area contributed by atoms with Crippen molar-refractivity contribution in [3.05, 3.63) is 35.4 Å². The fraction of sp³-hybridized carbons (Fsp3) is 0.579. The van der Waals surface area contributed by atoms with Crippen LogP contribution in [0.25, 0.3) is 0 Å². The lowest BCUT2D eigenvalue weighted by Crippen LogP contribution is -2.46. The fourth-order valence-corrected chi connectivity index (χ4v) is 4.90. The minimum atomic E-state index is -0.222. The van der Waals surface area contributed by atoms with Crippen LogP contribution in [0.15, 0.2) is 29.3 Å². The number of amides is 1. The highest BCUT2D eigenvalue weighted by atomic mass is 32.2. The summed E-state index contributed by atoms with van der Waals surface area (Å²) in [5.41, 5.74) is 2.36. The Kier molecular flexibility index (Phi) is 4.59. The molecule has 1 spiro atoms. The van der Waals surface area contributed by atoms with E-state index in [1.165, 1.54) is 11.1 Å². The zero-order chi connectivity index (χ0) is 18.3. The van der Waals surface area contributed by atoms with Gasteiger partial charge < -0.3 is 14.4 Å². The molecule has 2 atom stereocenters. The lowest BCUT2D eigenvalue weighted by molar-refractivity contribution is -0.118. The number of rotatable bonds is 0. The first-order valence-electron chi connectivity index (χ1n) is 9.44. The summed E-state index contributed by atoms with van der Waals surface area (Å²) >= 11 is 0.988. The van der Waals surface area contributed by atoms with Crippen LogP contribution in [0.5, 0.6) is 0 Å². The van der Waals surface area contributed by atoms with Crippen molar-refractivity contribution in [2.45, 2.75) is 50.1 Å². The summed E-state index contributed by atoms with van der Waals surface area (Å²) in [7, 11) is 0. The van der Waals surface area contributed by atoms with Crippen LogP contribution >= 0.6 is 12.3 Å². The number of benzene rings is 1. The van der Waals surface area contributed by atoms with Crippen molar-refractivity contribution in [2.24, 2.45) is 4.99 Å². The van der Waals surface area contributed by atoms with Gasteiger partial charge in [0.25, 0.3) is 6.02 Å². The van der Waals surface area contributed by atoms with Crippen molar-refractivity contribution in [1.82, 2.24) is 4.90 Å². The minimum absolute atomic E-state index is 0.124. The lowest BCUT2D eigenvalue weighted by Gasteiger charge is -2.40. The van der Waals surface area contributed by atoms with Crippen LogP contribution in [0.2, 0.25) is 0 Å². The van der Waals surface area contributed by atoms with Crippen LogP contribution in [0.4, 0.5) is 0 Å². The maximum Gasteiger partial charge on any atom is 0.295 e. The van der Waals surface area contributed by atoms with E-state index in [2.05, 4.69) is 34.2 Å². The van der Waals surface area contributed by atoms with Crippen molar-refractivity contribution >= 4 is 24.3 Å². The Bertz CT molecular complexity index is 762. The molecule has 1 aromatic carbocycles. The standard InChI is InChI=1S/C19H22N2O5S/c22-17-6-5-15-16(26-27-25-15)12-23-18(20-17)21-9-7-19(8-10-21)14-4-2-1-3-13(14)11-24-19/h1-4,15-16H,5-12H2/t15-,16+/m0/s1. The van der Waals surface area contributed by atoms with Crippen LogP contribution in [0.3, 0.4) is 0 Å². The molecule has 2 saturated heterocycles. The number of likely N-dealkylation sites (tertiary alicyclic amines) is 1. The maximum atomic E-state index is 12.2. The van der Waals surface area contributed by atoms with Gasteiger partial charge in [-0.2, -0.15) is 4.99 Å². The molecular formula is C19H22N2O5S. The fourth-order valence-electron chi connectivity index (χ4n) is 4.25. The van der Waals surface area contributed by atoms with Gasteiger partial charge in [0.15, 0.2) is 12.3 Å². The van der Waals surface area contributed by atoms with Crippen molar-refractivity contribution in [3.63, 3.8) is 0 Å². The highest BCUT2D eigenvalue weighted by Crippen LogP contribution is 2.44. The van der Waals surface area contributed by atoms with Crippen LogP contribution in [0.1, 0.15) is 36.8 Å². The molecular weight excluding hydrogens is 368 g/mol. The van der Waals surface area contributed by atoms with Gasteiger partial charge in [-0.1, -0.05) is 24.3 Å². The molecule has 0 radical (unpaired) electrons. The summed E-state index contributed by atoms with van der Waals surface area (Å²) in [6, 6.07) is 8.85. The van der Waals surface area contributed by atoms with Crippen LogP contribution in [-0.4, -0.2) is 48.7 Å². The van der Waals surface area contributed by atoms with Crippen LogP contribution < -0.4 is 0 Å². The number of aliphatic imine (C=N–C) groups is 1. The van der Waals surface area contributed by atoms with Crippen molar-refractivity contribution < 1.29 is 22.6 Å². The predicted octanol–water partition coefficient (Wildman–Crippen LogP) is 2.55. The third-order valence-corrected chi connectivity index (χ3v) is 6.49. The molecule has 4 heterocycles. The molecule has 144 valence electrons. The summed E-state index contributed by atoms with van der Waals surface area (Å²) in [5, 5.41) is 0. The van der Waals surface area contributed by atoms with Gasteiger partial charge >= 0.3 is 0 Å². The number of amidine groups is 1. The molecule has 0 aromatic heterocycles. The Labute approximate surface area is 162 Å². The second-order valence-electron chi connectivity index (χ2n) is 7.40. The largest absolute Gasteiger partial charge is 0.462 e. The third kappa shape index (κ3) is 3.24. The van der Waals surface area contributed by atoms with Crippen molar-refractivity contribution in [1.29, 1.82) is 0 Å². The monoisotopic (exact) mass is 390 g/mol. The molecule has 0 aliphatic carbocycles. The number of hydrogen-bond donors (Lipinski definition) is 0. The molecule has 5 rings (SSSR count). The van der Waals surface area contributed by atoms with E-state index in [0.29, 0.717) is 32.1 Å². The first-order valence-corrected chi connectivity index (χ1v) is 10.1. The topological polar surface area (TPSA) is 69.6 Å². The molecule has 27 heavy (non-hydrogen) atoms. The number of hydrogen-bond acceptors (Lipinski definition) is 7. The lowest BCUT2D eigenvalue weighted by atomic mass is 9.84. The molecule has 7 nitrogen and oxygen atoms in total. The summed E-state index contributed by atoms with van der Waals surface area (Å²) < 4.78 is 23.1. The van der Waals surface area contributed by atoms with E-state index in [4.69, 9.17) is 17.8 Å². The number of piperidine rings is 1. The second-order valence-corrected chi connectivity index (χ2v) is 7.92. The van der Waals surface area contributed by atoms with E-state index in [0.717, 1.165) is 38.3 Å². The van der Waals surface area contributed by atoms with E-state index in [9.17, 15) is 4.79 Å². The average Bonchev–Trinajstić information content (AvgIpc) is 3.30. The molecule has 0 saturated carbocycles. The van der Waals surface area contributed by atoms with E-state index >= 15 is 0 Å². The quantitative estimate of drug-likeness (QED) is 0.631. The summed E-state index contributed by atoms with van der Waals surface area (Å²) in [6.07, 6.45) is 2.34. The summed E-state index contributed by atoms with van der Waals surface area (Å²) in [6.45, 7) is 2.48. The first-order chi connectivity index (χ1) is 13.2. The number of carbonyl (C=O) groups is 1. The number of fused-ring (bicyclic) bond motifs is 3. The molecule has 8 heteroatoms. The zero-order valence-electron chi connectivity index (χ0n) is 15.0. The smallest absolute Gasteiger partial charge is 0.295 e. The highest BCUT2D eigenvalue weighted by molar-refractivity contribution is 7.90. The van der Waals surface area contributed by atoms with E-state index < -0.39 is 0 Å². The highest BCUT2D eigenvalue weighted by Gasteiger charge is 2.43. The van der Waals surface area contributed by atoms with E-state index in [-0.39, 0.29) is 23.7 Å². The Hall–Kier alpha value is -1.61. The molecule has 4 aliphatic rings. The summed E-state index contributed by atoms with van der Waals surface area (Å²) in [4.78, 5) is 18.5. The SMILES string of the molecule is O=C1CC[C@@H]2OSO[C@@H]2COC(N2CCC3(CC2)OCc2ccccc23)=N1. The second kappa shape index (κ2) is 7.09. The Morgan fingerprint density at radius 3 is 2.85 bits per heavy atom. The average molecular weight is 390 g/mol. The minimum Gasteiger partial charge on any atom is -0.462 e. The van der Waals surface area contributed by atoms with Gasteiger partial charge in [-0.05, 0) is 30.4 Å². The van der Waals surface area contributed by atoms with Gasteiger partial charge in [-0.3, -0.25) is 13.2 Å². The van der Waals surface area contributed by atoms with Gasteiger partial charge in [0.05, 0.1) is 12.2 Å². The Morgan fingerprint density at radius 2 is 1.96 bits per heavy atom. The van der Waals surface area contributed by atoms with Crippen LogP contribution in [0, 0.1) is 0 Å². The maximum absolute atomic E-state index is 12.2. The van der Waals surface area contributed by atoms with Gasteiger partial charge in [-0.25, -0.2) is 0 Å². The zero-order valence-corrected chi connectivity index (χ0v) is 15.8. The number of nitrogens with zero attached hydrogens (tertiary/aromatic N) is 2. The molecule has 0 N–H and O–H groups in total. The van der Waals surface area contributed by atoms with Crippen molar-refractivity contribution in [2.75, 3.05) is 19.7 Å². The van der Waals surface area contributed by atoms with Crippen molar-refractivity contribution in [3.8, 4) is 0 Å². The van der Waals surface area contributed by atoms with E-state index in [1.807, 2.05) is 0 Å². The summed E-state index contributed by atoms with van der Waals surface area (Å²) in [5.74, 6) is -0.172. The number of ether oxygens (including phenoxy) is 2. The van der Waals surface area contributed by atoms with Crippen LogP contribution in [-0.2, 0) is 34.8 Å². The van der Waals surface area contributed by atoms with Gasteiger partial charge in [-0.15, -0.1) is 0 Å². The molecule has 1 amide bonds. The van der Waals surface area contributed by atoms with Gasteiger partial charge in [0.1, 0.15) is 18.8 Å². The molecule has 0 unspecified atom stereocenters. The molecule has 1 aromatic rings. The van der Waals surface area contributed by atoms with E-state index in [1.54, 1.807) is 0 Å². The Balaban J connectivity index is 1.30. The van der Waals surface area contributed by atoms with Gasteiger partial charge in [0, 0.05) is 19.5 Å².